The van der Waals surface area contributed by atoms with Gasteiger partial charge in [-0.3, -0.25) is 9.59 Å². The Morgan fingerprint density at radius 3 is 2.79 bits per heavy atom. The molecule has 7 nitrogen and oxygen atoms in total. The number of nitrogens with one attached hydrogen (secondary N) is 3. The molecule has 0 bridgehead atoms. The summed E-state index contributed by atoms with van der Waals surface area (Å²) < 4.78 is 1.64. The lowest BCUT2D eigenvalue weighted by molar-refractivity contribution is -0.115. The van der Waals surface area contributed by atoms with E-state index in [9.17, 15) is 9.59 Å². The first-order chi connectivity index (χ1) is 14.2. The Kier molecular flexibility index (Phi) is 5.67. The molecule has 7 heteroatoms. The van der Waals surface area contributed by atoms with Gasteiger partial charge < -0.3 is 16.0 Å². The van der Waals surface area contributed by atoms with Crippen molar-refractivity contribution in [3.63, 3.8) is 0 Å². The van der Waals surface area contributed by atoms with E-state index in [-0.39, 0.29) is 17.9 Å². The minimum atomic E-state index is -0.103. The van der Waals surface area contributed by atoms with Crippen molar-refractivity contribution in [3.8, 4) is 5.69 Å². The largest absolute Gasteiger partial charge is 0.348 e. The molecule has 2 heterocycles. The summed E-state index contributed by atoms with van der Waals surface area (Å²) in [7, 11) is 0. The molecule has 0 saturated carbocycles. The highest BCUT2D eigenvalue weighted by molar-refractivity contribution is 5.95. The maximum absolute atomic E-state index is 12.5. The van der Waals surface area contributed by atoms with Crippen molar-refractivity contribution >= 4 is 17.5 Å². The van der Waals surface area contributed by atoms with Gasteiger partial charge in [-0.2, -0.15) is 5.10 Å². The van der Waals surface area contributed by atoms with Crippen LogP contribution in [0.15, 0.2) is 67.0 Å². The molecule has 2 amide bonds. The van der Waals surface area contributed by atoms with Crippen molar-refractivity contribution < 1.29 is 9.59 Å². The van der Waals surface area contributed by atoms with E-state index in [1.165, 1.54) is 0 Å². The first-order valence-corrected chi connectivity index (χ1v) is 9.68. The van der Waals surface area contributed by atoms with Gasteiger partial charge in [0.05, 0.1) is 30.2 Å². The molecule has 0 aliphatic carbocycles. The van der Waals surface area contributed by atoms with E-state index in [2.05, 4.69) is 21.0 Å². The van der Waals surface area contributed by atoms with Crippen molar-refractivity contribution in [1.82, 2.24) is 20.4 Å². The Morgan fingerprint density at radius 1 is 1.14 bits per heavy atom. The summed E-state index contributed by atoms with van der Waals surface area (Å²) in [6.07, 6.45) is 4.58. The van der Waals surface area contributed by atoms with E-state index in [4.69, 9.17) is 0 Å². The van der Waals surface area contributed by atoms with Gasteiger partial charge in [0.25, 0.3) is 5.91 Å². The van der Waals surface area contributed by atoms with E-state index in [1.54, 1.807) is 29.2 Å². The summed E-state index contributed by atoms with van der Waals surface area (Å²) in [4.78, 5) is 24.7. The van der Waals surface area contributed by atoms with E-state index in [1.807, 2.05) is 42.5 Å². The second-order valence-electron chi connectivity index (χ2n) is 7.10. The molecule has 0 radical (unpaired) electrons. The highest BCUT2D eigenvalue weighted by Gasteiger charge is 2.18. The fourth-order valence-electron chi connectivity index (χ4n) is 3.35. The third-order valence-corrected chi connectivity index (χ3v) is 4.84. The van der Waals surface area contributed by atoms with Crippen molar-refractivity contribution in [2.24, 2.45) is 0 Å². The van der Waals surface area contributed by atoms with E-state index >= 15 is 0 Å². The van der Waals surface area contributed by atoms with E-state index in [0.29, 0.717) is 17.7 Å². The van der Waals surface area contributed by atoms with Gasteiger partial charge in [-0.1, -0.05) is 36.4 Å². The molecule has 2 aromatic carbocycles. The molecule has 0 spiro atoms. The number of hydrogen-bond acceptors (Lipinski definition) is 4. The van der Waals surface area contributed by atoms with Gasteiger partial charge >= 0.3 is 0 Å². The molecule has 3 aromatic rings. The fourth-order valence-corrected chi connectivity index (χ4v) is 3.35. The highest BCUT2D eigenvalue weighted by atomic mass is 16.2. The minimum Gasteiger partial charge on any atom is -0.348 e. The lowest BCUT2D eigenvalue weighted by atomic mass is 10.1. The van der Waals surface area contributed by atoms with Gasteiger partial charge in [-0.15, -0.1) is 0 Å². The number of carbonyl (C=O) groups excluding carboxylic acids is 2. The van der Waals surface area contributed by atoms with Gasteiger partial charge in [0, 0.05) is 18.2 Å². The van der Waals surface area contributed by atoms with Crippen LogP contribution in [-0.2, 0) is 11.2 Å². The van der Waals surface area contributed by atoms with Crippen LogP contribution in [0.3, 0.4) is 0 Å². The second-order valence-corrected chi connectivity index (χ2v) is 7.10. The molecule has 1 saturated heterocycles. The number of carbonyl (C=O) groups is 2. The van der Waals surface area contributed by atoms with Gasteiger partial charge in [-0.25, -0.2) is 4.68 Å². The molecule has 3 N–H and O–H groups in total. The minimum absolute atomic E-state index is 0.0934. The second kappa shape index (κ2) is 8.70. The summed E-state index contributed by atoms with van der Waals surface area (Å²) >= 11 is 0. The highest BCUT2D eigenvalue weighted by Crippen LogP contribution is 2.14. The van der Waals surface area contributed by atoms with Crippen molar-refractivity contribution in [2.75, 3.05) is 18.4 Å². The molecule has 148 valence electrons. The standard InChI is InChI=1S/C22H23N5O2/c28-21(11-16-5-2-1-3-6-16)25-19-14-24-27(15-19)20-8-4-7-17(12-20)22(29)26-18-9-10-23-13-18/h1-8,12,14-15,18,23H,9-11,13H2,(H,25,28)(H,26,29)/t18-/m1/s1. The van der Waals surface area contributed by atoms with Crippen molar-refractivity contribution in [2.45, 2.75) is 18.9 Å². The summed E-state index contributed by atoms with van der Waals surface area (Å²) in [5.74, 6) is -0.196. The van der Waals surface area contributed by atoms with Gasteiger partial charge in [0.1, 0.15) is 0 Å². The molecule has 1 aromatic heterocycles. The number of hydrogen-bond donors (Lipinski definition) is 3. The van der Waals surface area contributed by atoms with Crippen molar-refractivity contribution in [3.05, 3.63) is 78.1 Å². The lowest BCUT2D eigenvalue weighted by Gasteiger charge is -2.12. The summed E-state index contributed by atoms with van der Waals surface area (Å²) in [6, 6.07) is 17.0. The Hall–Kier alpha value is -3.45. The maximum Gasteiger partial charge on any atom is 0.251 e. The zero-order valence-electron chi connectivity index (χ0n) is 16.0. The van der Waals surface area contributed by atoms with Crippen molar-refractivity contribution in [1.29, 1.82) is 0 Å². The smallest absolute Gasteiger partial charge is 0.251 e. The average Bonchev–Trinajstić information content (AvgIpc) is 3.41. The van der Waals surface area contributed by atoms with E-state index < -0.39 is 0 Å². The van der Waals surface area contributed by atoms with Gasteiger partial charge in [0.2, 0.25) is 5.91 Å². The van der Waals surface area contributed by atoms with Crippen LogP contribution in [0.25, 0.3) is 5.69 Å². The number of anilines is 1. The maximum atomic E-state index is 12.5. The van der Waals surface area contributed by atoms with Crippen LogP contribution in [0.2, 0.25) is 0 Å². The molecule has 1 aliphatic rings. The molecule has 1 atom stereocenters. The fraction of sp³-hybridized carbons (Fsp3) is 0.227. The van der Waals surface area contributed by atoms with Crippen LogP contribution < -0.4 is 16.0 Å². The zero-order valence-corrected chi connectivity index (χ0v) is 16.0. The number of nitrogens with zero attached hydrogens (tertiary/aromatic N) is 2. The normalized spacial score (nSPS) is 15.8. The Balaban J connectivity index is 1.41. The average molecular weight is 389 g/mol. The Morgan fingerprint density at radius 2 is 2.00 bits per heavy atom. The lowest BCUT2D eigenvalue weighted by Crippen LogP contribution is -2.36. The number of aromatic nitrogens is 2. The van der Waals surface area contributed by atoms with E-state index in [0.717, 1.165) is 30.8 Å². The zero-order chi connectivity index (χ0) is 20.1. The molecule has 4 rings (SSSR count). The number of amides is 2. The summed E-state index contributed by atoms with van der Waals surface area (Å²) in [5, 5.41) is 13.4. The van der Waals surface area contributed by atoms with Crippen LogP contribution in [0.1, 0.15) is 22.3 Å². The summed E-state index contributed by atoms with van der Waals surface area (Å²) in [5.41, 5.74) is 2.90. The van der Waals surface area contributed by atoms with Crippen LogP contribution in [-0.4, -0.2) is 40.7 Å². The first-order valence-electron chi connectivity index (χ1n) is 9.68. The van der Waals surface area contributed by atoms with Crippen LogP contribution in [0, 0.1) is 0 Å². The monoisotopic (exact) mass is 389 g/mol. The number of rotatable bonds is 6. The van der Waals surface area contributed by atoms with Crippen LogP contribution >= 0.6 is 0 Å². The molecular formula is C22H23N5O2. The quantitative estimate of drug-likeness (QED) is 0.603. The SMILES string of the molecule is O=C(Cc1ccccc1)Nc1cnn(-c2cccc(C(=O)N[C@@H]3CCNC3)c2)c1. The first kappa shape index (κ1) is 18.9. The van der Waals surface area contributed by atoms with Gasteiger partial charge in [0.15, 0.2) is 0 Å². The topological polar surface area (TPSA) is 88.0 Å². The Bertz CT molecular complexity index is 993. The molecule has 29 heavy (non-hydrogen) atoms. The molecule has 1 fully saturated rings. The molecule has 1 aliphatic heterocycles. The summed E-state index contributed by atoms with van der Waals surface area (Å²) in [6.45, 7) is 1.73. The Labute approximate surface area is 169 Å². The number of benzene rings is 2. The molecular weight excluding hydrogens is 366 g/mol. The third kappa shape index (κ3) is 4.89. The predicted molar refractivity (Wildman–Crippen MR) is 111 cm³/mol. The van der Waals surface area contributed by atoms with Crippen LogP contribution in [0.4, 0.5) is 5.69 Å². The van der Waals surface area contributed by atoms with Crippen LogP contribution in [0.5, 0.6) is 0 Å². The third-order valence-electron chi connectivity index (χ3n) is 4.84. The predicted octanol–water partition coefficient (Wildman–Crippen LogP) is 2.15. The van der Waals surface area contributed by atoms with Gasteiger partial charge in [-0.05, 0) is 36.7 Å². The molecule has 0 unspecified atom stereocenters.